The number of aryl methyl sites for hydroxylation is 1. The maximum absolute atomic E-state index is 12.1. The van der Waals surface area contributed by atoms with E-state index in [0.29, 0.717) is 5.82 Å². The lowest BCUT2D eigenvalue weighted by Crippen LogP contribution is -2.21. The van der Waals surface area contributed by atoms with Crippen LogP contribution in [0, 0.1) is 0 Å². The van der Waals surface area contributed by atoms with Crippen molar-refractivity contribution in [2.24, 2.45) is 0 Å². The summed E-state index contributed by atoms with van der Waals surface area (Å²) in [5, 5.41) is 14.0. The SMILES string of the molecule is CCCn1nccc1NC(=O)Cn1cc(-c2nccs2)cn1. The van der Waals surface area contributed by atoms with Crippen LogP contribution in [0.4, 0.5) is 5.82 Å². The van der Waals surface area contributed by atoms with Crippen molar-refractivity contribution in [2.45, 2.75) is 26.4 Å². The summed E-state index contributed by atoms with van der Waals surface area (Å²) in [5.74, 6) is 0.575. The van der Waals surface area contributed by atoms with E-state index in [1.165, 1.54) is 0 Å². The Balaban J connectivity index is 1.63. The van der Waals surface area contributed by atoms with Crippen LogP contribution in [0.1, 0.15) is 13.3 Å². The van der Waals surface area contributed by atoms with Gasteiger partial charge in [-0.15, -0.1) is 11.3 Å². The van der Waals surface area contributed by atoms with Crippen LogP contribution in [0.2, 0.25) is 0 Å². The van der Waals surface area contributed by atoms with Gasteiger partial charge in [-0.05, 0) is 6.42 Å². The first kappa shape index (κ1) is 14.5. The highest BCUT2D eigenvalue weighted by atomic mass is 32.1. The summed E-state index contributed by atoms with van der Waals surface area (Å²) in [4.78, 5) is 16.3. The highest BCUT2D eigenvalue weighted by Gasteiger charge is 2.10. The van der Waals surface area contributed by atoms with E-state index in [-0.39, 0.29) is 12.5 Å². The number of thiazole rings is 1. The molecule has 0 bridgehead atoms. The molecule has 8 heteroatoms. The minimum atomic E-state index is -0.133. The Labute approximate surface area is 131 Å². The van der Waals surface area contributed by atoms with Gasteiger partial charge in [0.1, 0.15) is 17.4 Å². The molecule has 0 spiro atoms. The molecule has 114 valence electrons. The Kier molecular flexibility index (Phi) is 4.29. The first-order valence-electron chi connectivity index (χ1n) is 7.00. The molecule has 0 saturated heterocycles. The highest BCUT2D eigenvalue weighted by molar-refractivity contribution is 7.13. The molecule has 0 aliphatic heterocycles. The molecular weight excluding hydrogens is 300 g/mol. The predicted molar refractivity (Wildman–Crippen MR) is 84.5 cm³/mol. The lowest BCUT2D eigenvalue weighted by molar-refractivity contribution is -0.116. The van der Waals surface area contributed by atoms with Crippen molar-refractivity contribution in [3.8, 4) is 10.6 Å². The zero-order valence-electron chi connectivity index (χ0n) is 12.1. The van der Waals surface area contributed by atoms with E-state index in [1.807, 2.05) is 11.6 Å². The topological polar surface area (TPSA) is 77.6 Å². The molecule has 0 unspecified atom stereocenters. The number of carbonyl (C=O) groups is 1. The van der Waals surface area contributed by atoms with Crippen LogP contribution in [0.5, 0.6) is 0 Å². The van der Waals surface area contributed by atoms with E-state index < -0.39 is 0 Å². The van der Waals surface area contributed by atoms with Crippen LogP contribution in [-0.2, 0) is 17.9 Å². The van der Waals surface area contributed by atoms with Crippen LogP contribution < -0.4 is 5.32 Å². The van der Waals surface area contributed by atoms with E-state index in [0.717, 1.165) is 23.5 Å². The summed E-state index contributed by atoms with van der Waals surface area (Å²) in [7, 11) is 0. The first-order valence-corrected chi connectivity index (χ1v) is 7.88. The molecule has 0 radical (unpaired) electrons. The molecule has 7 nitrogen and oxygen atoms in total. The summed E-state index contributed by atoms with van der Waals surface area (Å²) in [6.45, 7) is 3.00. The Bertz CT molecular complexity index is 745. The summed E-state index contributed by atoms with van der Waals surface area (Å²) in [6, 6.07) is 1.79. The highest BCUT2D eigenvalue weighted by Crippen LogP contribution is 2.20. The standard InChI is InChI=1S/C14H16N6OS/c1-2-6-20-12(3-4-16-20)18-13(21)10-19-9-11(8-17-19)14-15-5-7-22-14/h3-5,7-9H,2,6,10H2,1H3,(H,18,21). The second-order valence-electron chi connectivity index (χ2n) is 4.75. The van der Waals surface area contributed by atoms with Crippen LogP contribution in [0.15, 0.2) is 36.2 Å². The molecule has 0 aliphatic carbocycles. The predicted octanol–water partition coefficient (Wildman–Crippen LogP) is 2.25. The molecule has 0 saturated carbocycles. The smallest absolute Gasteiger partial charge is 0.247 e. The van der Waals surface area contributed by atoms with Gasteiger partial charge in [0, 0.05) is 35.9 Å². The Morgan fingerprint density at radius 1 is 1.36 bits per heavy atom. The van der Waals surface area contributed by atoms with Gasteiger partial charge in [-0.25, -0.2) is 9.67 Å². The molecule has 0 fully saturated rings. The average Bonchev–Trinajstić information content (AvgIpc) is 3.21. The minimum absolute atomic E-state index is 0.133. The van der Waals surface area contributed by atoms with E-state index in [1.54, 1.807) is 45.4 Å². The van der Waals surface area contributed by atoms with Crippen LogP contribution in [-0.4, -0.2) is 30.5 Å². The van der Waals surface area contributed by atoms with Crippen molar-refractivity contribution in [1.82, 2.24) is 24.5 Å². The maximum Gasteiger partial charge on any atom is 0.247 e. The zero-order valence-corrected chi connectivity index (χ0v) is 13.0. The Morgan fingerprint density at radius 2 is 2.27 bits per heavy atom. The van der Waals surface area contributed by atoms with E-state index in [2.05, 4.69) is 27.4 Å². The Morgan fingerprint density at radius 3 is 3.05 bits per heavy atom. The fourth-order valence-corrected chi connectivity index (χ4v) is 2.70. The third-order valence-electron chi connectivity index (χ3n) is 3.04. The van der Waals surface area contributed by atoms with Gasteiger partial charge in [-0.3, -0.25) is 9.48 Å². The first-order chi connectivity index (χ1) is 10.8. The molecule has 3 rings (SSSR count). The lowest BCUT2D eigenvalue weighted by Gasteiger charge is -2.07. The second-order valence-corrected chi connectivity index (χ2v) is 5.65. The average molecular weight is 316 g/mol. The molecule has 0 aliphatic rings. The summed E-state index contributed by atoms with van der Waals surface area (Å²) >= 11 is 1.54. The van der Waals surface area contributed by atoms with Gasteiger partial charge in [-0.1, -0.05) is 6.92 Å². The normalized spacial score (nSPS) is 10.8. The molecule has 3 aromatic heterocycles. The van der Waals surface area contributed by atoms with Crippen molar-refractivity contribution in [3.05, 3.63) is 36.2 Å². The van der Waals surface area contributed by atoms with Crippen LogP contribution in [0.25, 0.3) is 10.6 Å². The zero-order chi connectivity index (χ0) is 15.4. The molecule has 1 N–H and O–H groups in total. The fraction of sp³-hybridized carbons (Fsp3) is 0.286. The summed E-state index contributed by atoms with van der Waals surface area (Å²) in [6.07, 6.45) is 7.93. The summed E-state index contributed by atoms with van der Waals surface area (Å²) < 4.78 is 3.38. The number of aromatic nitrogens is 5. The lowest BCUT2D eigenvalue weighted by atomic mass is 10.4. The van der Waals surface area contributed by atoms with Crippen molar-refractivity contribution >= 4 is 23.1 Å². The molecule has 22 heavy (non-hydrogen) atoms. The summed E-state index contributed by atoms with van der Waals surface area (Å²) in [5.41, 5.74) is 0.916. The van der Waals surface area contributed by atoms with Crippen molar-refractivity contribution < 1.29 is 4.79 Å². The van der Waals surface area contributed by atoms with Gasteiger partial charge in [0.25, 0.3) is 0 Å². The number of hydrogen-bond donors (Lipinski definition) is 1. The second kappa shape index (κ2) is 6.52. The quantitative estimate of drug-likeness (QED) is 0.756. The molecular formula is C14H16N6OS. The van der Waals surface area contributed by atoms with Gasteiger partial charge in [0.2, 0.25) is 5.91 Å². The number of anilines is 1. The molecule has 0 atom stereocenters. The number of rotatable bonds is 6. The minimum Gasteiger partial charge on any atom is -0.309 e. The van der Waals surface area contributed by atoms with Crippen LogP contribution >= 0.6 is 11.3 Å². The molecule has 1 amide bonds. The third kappa shape index (κ3) is 3.22. The van der Waals surface area contributed by atoms with Crippen molar-refractivity contribution in [3.63, 3.8) is 0 Å². The van der Waals surface area contributed by atoms with E-state index in [4.69, 9.17) is 0 Å². The van der Waals surface area contributed by atoms with Gasteiger partial charge in [0.05, 0.1) is 12.4 Å². The number of carbonyl (C=O) groups excluding carboxylic acids is 1. The molecule has 0 aromatic carbocycles. The molecule has 3 heterocycles. The number of nitrogens with zero attached hydrogens (tertiary/aromatic N) is 5. The third-order valence-corrected chi connectivity index (χ3v) is 3.86. The Hall–Kier alpha value is -2.48. The van der Waals surface area contributed by atoms with E-state index >= 15 is 0 Å². The van der Waals surface area contributed by atoms with Gasteiger partial charge >= 0.3 is 0 Å². The monoisotopic (exact) mass is 316 g/mol. The maximum atomic E-state index is 12.1. The van der Waals surface area contributed by atoms with Crippen molar-refractivity contribution in [1.29, 1.82) is 0 Å². The van der Waals surface area contributed by atoms with E-state index in [9.17, 15) is 4.79 Å². The number of nitrogens with one attached hydrogen (secondary N) is 1. The van der Waals surface area contributed by atoms with Crippen molar-refractivity contribution in [2.75, 3.05) is 5.32 Å². The fourth-order valence-electron chi connectivity index (χ4n) is 2.08. The van der Waals surface area contributed by atoms with Crippen LogP contribution in [0.3, 0.4) is 0 Å². The number of amides is 1. The van der Waals surface area contributed by atoms with Gasteiger partial charge in [0.15, 0.2) is 0 Å². The van der Waals surface area contributed by atoms with Gasteiger partial charge in [-0.2, -0.15) is 10.2 Å². The number of hydrogen-bond acceptors (Lipinski definition) is 5. The largest absolute Gasteiger partial charge is 0.309 e. The molecule has 3 aromatic rings. The van der Waals surface area contributed by atoms with Gasteiger partial charge < -0.3 is 5.32 Å².